The van der Waals surface area contributed by atoms with Gasteiger partial charge in [-0.05, 0) is 19.4 Å². The number of rotatable bonds is 8. The van der Waals surface area contributed by atoms with Crippen molar-refractivity contribution in [1.82, 2.24) is 5.32 Å². The van der Waals surface area contributed by atoms with Crippen LogP contribution in [-0.4, -0.2) is 44.2 Å². The molecule has 0 aromatic heterocycles. The zero-order valence-corrected chi connectivity index (χ0v) is 9.81. The van der Waals surface area contributed by atoms with Crippen molar-refractivity contribution in [2.75, 3.05) is 24.7 Å². The number of sulfone groups is 1. The summed E-state index contributed by atoms with van der Waals surface area (Å²) in [5.41, 5.74) is 0. The molecule has 5 heteroatoms. The third-order valence-corrected chi connectivity index (χ3v) is 4.01. The van der Waals surface area contributed by atoms with E-state index in [2.05, 4.69) is 5.32 Å². The summed E-state index contributed by atoms with van der Waals surface area (Å²) in [7, 11) is -2.83. The fourth-order valence-electron chi connectivity index (χ4n) is 1.08. The fraction of sp³-hybridized carbons (Fsp3) is 1.00. The van der Waals surface area contributed by atoms with E-state index in [0.717, 1.165) is 6.42 Å². The Labute approximate surface area is 86.6 Å². The van der Waals surface area contributed by atoms with Crippen molar-refractivity contribution in [2.24, 2.45) is 0 Å². The van der Waals surface area contributed by atoms with Crippen molar-refractivity contribution in [3.8, 4) is 0 Å². The molecule has 2 N–H and O–H groups in total. The molecule has 14 heavy (non-hydrogen) atoms. The molecule has 0 aliphatic carbocycles. The molecule has 0 aromatic rings. The summed E-state index contributed by atoms with van der Waals surface area (Å²) in [6.45, 7) is 4.40. The lowest BCUT2D eigenvalue weighted by Crippen LogP contribution is -2.33. The fourth-order valence-corrected chi connectivity index (χ4v) is 1.95. The van der Waals surface area contributed by atoms with Crippen LogP contribution in [0.5, 0.6) is 0 Å². The minimum Gasteiger partial charge on any atom is -0.395 e. The van der Waals surface area contributed by atoms with E-state index in [1.165, 1.54) is 0 Å². The van der Waals surface area contributed by atoms with E-state index in [4.69, 9.17) is 5.11 Å². The zero-order chi connectivity index (χ0) is 11.0. The molecule has 0 aliphatic heterocycles. The number of hydrogen-bond donors (Lipinski definition) is 2. The first-order valence-electron chi connectivity index (χ1n) is 5.10. The molecular weight excluding hydrogens is 202 g/mol. The topological polar surface area (TPSA) is 66.4 Å². The highest BCUT2D eigenvalue weighted by Crippen LogP contribution is 1.94. The molecule has 4 nitrogen and oxygen atoms in total. The monoisotopic (exact) mass is 223 g/mol. The average molecular weight is 223 g/mol. The van der Waals surface area contributed by atoms with Gasteiger partial charge >= 0.3 is 0 Å². The molecule has 0 radical (unpaired) electrons. The van der Waals surface area contributed by atoms with Gasteiger partial charge in [0.25, 0.3) is 0 Å². The van der Waals surface area contributed by atoms with Crippen LogP contribution in [0.1, 0.15) is 26.7 Å². The van der Waals surface area contributed by atoms with Gasteiger partial charge in [-0.3, -0.25) is 0 Å². The molecule has 0 heterocycles. The summed E-state index contributed by atoms with van der Waals surface area (Å²) < 4.78 is 22.2. The van der Waals surface area contributed by atoms with Crippen LogP contribution in [0.25, 0.3) is 0 Å². The summed E-state index contributed by atoms with van der Waals surface area (Å²) in [5.74, 6) is 0.447. The van der Waals surface area contributed by atoms with Crippen molar-refractivity contribution >= 4 is 9.84 Å². The van der Waals surface area contributed by atoms with Crippen LogP contribution < -0.4 is 5.32 Å². The lowest BCUT2D eigenvalue weighted by molar-refractivity contribution is 0.239. The minimum atomic E-state index is -2.83. The molecular formula is C9H21NO3S. The normalized spacial score (nSPS) is 14.2. The Hall–Kier alpha value is -0.130. The third-order valence-electron chi connectivity index (χ3n) is 2.22. The van der Waals surface area contributed by atoms with Crippen LogP contribution in [0.2, 0.25) is 0 Å². The lowest BCUT2D eigenvalue weighted by atomic mass is 10.2. The van der Waals surface area contributed by atoms with Gasteiger partial charge in [0, 0.05) is 11.8 Å². The predicted molar refractivity (Wildman–Crippen MR) is 58.1 cm³/mol. The Morgan fingerprint density at radius 2 is 2.00 bits per heavy atom. The van der Waals surface area contributed by atoms with Crippen molar-refractivity contribution in [3.63, 3.8) is 0 Å². The Bertz CT molecular complexity index is 222. The maximum absolute atomic E-state index is 11.1. The van der Waals surface area contributed by atoms with Gasteiger partial charge in [0.15, 0.2) is 0 Å². The summed E-state index contributed by atoms with van der Waals surface area (Å²) in [4.78, 5) is 0. The molecule has 0 bridgehead atoms. The minimum absolute atomic E-state index is 0.0966. The Morgan fingerprint density at radius 3 is 2.43 bits per heavy atom. The van der Waals surface area contributed by atoms with E-state index in [-0.39, 0.29) is 24.2 Å². The van der Waals surface area contributed by atoms with Crippen molar-refractivity contribution in [3.05, 3.63) is 0 Å². The van der Waals surface area contributed by atoms with Crippen LogP contribution in [-0.2, 0) is 9.84 Å². The molecule has 1 atom stereocenters. The molecule has 0 aromatic carbocycles. The molecule has 0 saturated heterocycles. The number of aliphatic hydroxyl groups excluding tert-OH is 1. The molecule has 0 amide bonds. The van der Waals surface area contributed by atoms with Gasteiger partial charge in [0.05, 0.1) is 12.4 Å². The summed E-state index contributed by atoms with van der Waals surface area (Å²) >= 11 is 0. The van der Waals surface area contributed by atoms with Crippen molar-refractivity contribution in [2.45, 2.75) is 32.7 Å². The van der Waals surface area contributed by atoms with Crippen LogP contribution in [0.15, 0.2) is 0 Å². The first-order chi connectivity index (χ1) is 6.55. The van der Waals surface area contributed by atoms with Gasteiger partial charge < -0.3 is 10.4 Å². The van der Waals surface area contributed by atoms with Gasteiger partial charge in [-0.1, -0.05) is 13.8 Å². The Kier molecular flexibility index (Phi) is 7.13. The maximum atomic E-state index is 11.1. The molecule has 0 fully saturated rings. The Morgan fingerprint density at radius 1 is 1.36 bits per heavy atom. The van der Waals surface area contributed by atoms with E-state index in [1.54, 1.807) is 6.92 Å². The molecule has 86 valence electrons. The van der Waals surface area contributed by atoms with Crippen molar-refractivity contribution < 1.29 is 13.5 Å². The van der Waals surface area contributed by atoms with Gasteiger partial charge in [-0.2, -0.15) is 0 Å². The number of hydrogen-bond acceptors (Lipinski definition) is 4. The second-order valence-electron chi connectivity index (χ2n) is 3.33. The van der Waals surface area contributed by atoms with E-state index in [9.17, 15) is 8.42 Å². The number of nitrogens with one attached hydrogen (secondary N) is 1. The summed E-state index contributed by atoms with van der Waals surface area (Å²) in [5, 5.41) is 12.0. The van der Waals surface area contributed by atoms with E-state index < -0.39 is 9.84 Å². The molecule has 0 rings (SSSR count). The van der Waals surface area contributed by atoms with Crippen molar-refractivity contribution in [1.29, 1.82) is 0 Å². The first kappa shape index (κ1) is 13.9. The van der Waals surface area contributed by atoms with Crippen LogP contribution in [0, 0.1) is 0 Å². The summed E-state index contributed by atoms with van der Waals surface area (Å²) in [6, 6.07) is 0.0966. The quantitative estimate of drug-likeness (QED) is 0.576. The number of aliphatic hydroxyl groups is 1. The third kappa shape index (κ3) is 6.34. The Balaban J connectivity index is 3.56. The average Bonchev–Trinajstić information content (AvgIpc) is 2.18. The maximum Gasteiger partial charge on any atom is 0.150 e. The highest BCUT2D eigenvalue weighted by Gasteiger charge is 2.07. The van der Waals surface area contributed by atoms with Crippen LogP contribution in [0.3, 0.4) is 0 Å². The van der Waals surface area contributed by atoms with E-state index in [1.807, 2.05) is 6.92 Å². The molecule has 1 unspecified atom stereocenters. The lowest BCUT2D eigenvalue weighted by Gasteiger charge is -2.13. The molecule has 0 aliphatic rings. The first-order valence-corrected chi connectivity index (χ1v) is 6.92. The predicted octanol–water partition coefficient (Wildman–Crippen LogP) is 0.172. The van der Waals surface area contributed by atoms with Gasteiger partial charge in [-0.15, -0.1) is 0 Å². The second-order valence-corrected chi connectivity index (χ2v) is 5.80. The SMILES string of the molecule is CCC(CO)NCCCS(=O)(=O)CC. The van der Waals surface area contributed by atoms with Crippen LogP contribution in [0.4, 0.5) is 0 Å². The van der Waals surface area contributed by atoms with E-state index in [0.29, 0.717) is 13.0 Å². The molecule has 0 spiro atoms. The standard InChI is InChI=1S/C9H21NO3S/c1-3-9(8-11)10-6-5-7-14(12,13)4-2/h9-11H,3-8H2,1-2H3. The zero-order valence-electron chi connectivity index (χ0n) is 8.99. The highest BCUT2D eigenvalue weighted by atomic mass is 32.2. The van der Waals surface area contributed by atoms with Gasteiger partial charge in [0.1, 0.15) is 9.84 Å². The summed E-state index contributed by atoms with van der Waals surface area (Å²) in [6.07, 6.45) is 1.48. The molecule has 0 saturated carbocycles. The highest BCUT2D eigenvalue weighted by molar-refractivity contribution is 7.91. The van der Waals surface area contributed by atoms with E-state index >= 15 is 0 Å². The largest absolute Gasteiger partial charge is 0.395 e. The van der Waals surface area contributed by atoms with Gasteiger partial charge in [-0.25, -0.2) is 8.42 Å². The smallest absolute Gasteiger partial charge is 0.150 e. The van der Waals surface area contributed by atoms with Crippen LogP contribution >= 0.6 is 0 Å². The second kappa shape index (κ2) is 7.20. The van der Waals surface area contributed by atoms with Gasteiger partial charge in [0.2, 0.25) is 0 Å².